The Morgan fingerprint density at radius 1 is 1.15 bits per heavy atom. The van der Waals surface area contributed by atoms with E-state index in [0.29, 0.717) is 12.8 Å². The molecule has 1 amide bonds. The molecule has 8 nitrogen and oxygen atoms in total. The summed E-state index contributed by atoms with van der Waals surface area (Å²) < 4.78 is 10.1. The predicted octanol–water partition coefficient (Wildman–Crippen LogP) is 2.83. The number of benzene rings is 1. The fourth-order valence-corrected chi connectivity index (χ4v) is 2.16. The lowest BCUT2D eigenvalue weighted by Crippen LogP contribution is -2.33. The molecule has 1 rings (SSSR count). The number of carbonyl (C=O) groups is 2. The van der Waals surface area contributed by atoms with Crippen LogP contribution < -0.4 is 5.32 Å². The molecule has 26 heavy (non-hydrogen) atoms. The lowest BCUT2D eigenvalue weighted by molar-refractivity contribution is 0.0497. The van der Waals surface area contributed by atoms with E-state index < -0.39 is 34.9 Å². The van der Waals surface area contributed by atoms with Gasteiger partial charge in [-0.05, 0) is 46.1 Å². The number of carbonyl (C=O) groups excluding carboxylic acids is 2. The zero-order chi connectivity index (χ0) is 19.9. The van der Waals surface area contributed by atoms with Gasteiger partial charge in [-0.2, -0.15) is 0 Å². The fourth-order valence-electron chi connectivity index (χ4n) is 2.16. The zero-order valence-electron chi connectivity index (χ0n) is 15.6. The van der Waals surface area contributed by atoms with E-state index in [2.05, 4.69) is 5.32 Å². The summed E-state index contributed by atoms with van der Waals surface area (Å²) in [5.74, 6) is -2.59. The molecule has 0 aliphatic carbocycles. The van der Waals surface area contributed by atoms with Crippen LogP contribution in [0.4, 0.5) is 4.79 Å². The molecule has 0 saturated carbocycles. The summed E-state index contributed by atoms with van der Waals surface area (Å²) in [6, 6.07) is 1.06. The Balaban J connectivity index is 2.80. The first-order chi connectivity index (χ1) is 12.1. The van der Waals surface area contributed by atoms with Gasteiger partial charge in [-0.1, -0.05) is 6.92 Å². The number of amides is 1. The van der Waals surface area contributed by atoms with Crippen LogP contribution in [0.1, 0.15) is 56.5 Å². The molecule has 0 bridgehead atoms. The van der Waals surface area contributed by atoms with Gasteiger partial charge in [-0.3, -0.25) is 0 Å². The maximum Gasteiger partial charge on any atom is 0.407 e. The van der Waals surface area contributed by atoms with Crippen LogP contribution in [0.3, 0.4) is 0 Å². The Kier molecular flexibility index (Phi) is 7.55. The number of ether oxygens (including phenoxy) is 2. The van der Waals surface area contributed by atoms with E-state index in [-0.39, 0.29) is 30.7 Å². The minimum Gasteiger partial charge on any atom is -0.504 e. The molecule has 0 atom stereocenters. The van der Waals surface area contributed by atoms with E-state index >= 15 is 0 Å². The van der Waals surface area contributed by atoms with Crippen molar-refractivity contribution in [2.45, 2.75) is 52.6 Å². The second-order valence-electron chi connectivity index (χ2n) is 6.79. The van der Waals surface area contributed by atoms with Gasteiger partial charge in [-0.15, -0.1) is 0 Å². The van der Waals surface area contributed by atoms with E-state index in [1.807, 2.05) is 6.92 Å². The summed E-state index contributed by atoms with van der Waals surface area (Å²) in [6.07, 6.45) is 0.589. The van der Waals surface area contributed by atoms with E-state index in [9.17, 15) is 24.9 Å². The van der Waals surface area contributed by atoms with Crippen LogP contribution in [0.25, 0.3) is 0 Å². The van der Waals surface area contributed by atoms with E-state index in [1.54, 1.807) is 20.8 Å². The normalized spacial score (nSPS) is 11.1. The summed E-state index contributed by atoms with van der Waals surface area (Å²) in [5, 5.41) is 32.0. The number of esters is 1. The van der Waals surface area contributed by atoms with Gasteiger partial charge in [0.1, 0.15) is 5.60 Å². The summed E-state index contributed by atoms with van der Waals surface area (Å²) in [4.78, 5) is 23.7. The molecule has 8 heteroatoms. The summed E-state index contributed by atoms with van der Waals surface area (Å²) in [5.41, 5.74) is -0.489. The van der Waals surface area contributed by atoms with E-state index in [4.69, 9.17) is 9.47 Å². The Bertz CT molecular complexity index is 650. The monoisotopic (exact) mass is 369 g/mol. The first kappa shape index (κ1) is 21.4. The lowest BCUT2D eigenvalue weighted by Gasteiger charge is -2.19. The highest BCUT2D eigenvalue weighted by molar-refractivity contribution is 5.93. The van der Waals surface area contributed by atoms with Crippen molar-refractivity contribution >= 4 is 12.1 Å². The molecule has 1 aromatic rings. The van der Waals surface area contributed by atoms with Gasteiger partial charge >= 0.3 is 12.1 Å². The Hall–Kier alpha value is -2.64. The number of aromatic hydroxyl groups is 3. The minimum absolute atomic E-state index is 0.0245. The predicted molar refractivity (Wildman–Crippen MR) is 94.6 cm³/mol. The van der Waals surface area contributed by atoms with Crippen LogP contribution in [0.5, 0.6) is 17.2 Å². The molecule has 0 fully saturated rings. The highest BCUT2D eigenvalue weighted by Crippen LogP contribution is 2.40. The highest BCUT2D eigenvalue weighted by Gasteiger charge is 2.22. The molecule has 4 N–H and O–H groups in total. The van der Waals surface area contributed by atoms with Gasteiger partial charge in [0, 0.05) is 12.1 Å². The van der Waals surface area contributed by atoms with Gasteiger partial charge in [-0.25, -0.2) is 9.59 Å². The van der Waals surface area contributed by atoms with Gasteiger partial charge in [0.25, 0.3) is 0 Å². The molecule has 0 spiro atoms. The number of hydrogen-bond acceptors (Lipinski definition) is 7. The highest BCUT2D eigenvalue weighted by atomic mass is 16.6. The Labute approximate surface area is 152 Å². The van der Waals surface area contributed by atoms with Crippen molar-refractivity contribution in [3.8, 4) is 17.2 Å². The zero-order valence-corrected chi connectivity index (χ0v) is 15.6. The average molecular weight is 369 g/mol. The second-order valence-corrected chi connectivity index (χ2v) is 6.79. The molecule has 0 radical (unpaired) electrons. The quantitative estimate of drug-likeness (QED) is 0.331. The molecule has 0 heterocycles. The van der Waals surface area contributed by atoms with Crippen molar-refractivity contribution in [1.29, 1.82) is 0 Å². The van der Waals surface area contributed by atoms with Crippen molar-refractivity contribution < 1.29 is 34.4 Å². The lowest BCUT2D eigenvalue weighted by atomic mass is 10.00. The molecule has 0 unspecified atom stereocenters. The Morgan fingerprint density at radius 3 is 2.38 bits per heavy atom. The Morgan fingerprint density at radius 2 is 1.81 bits per heavy atom. The summed E-state index contributed by atoms with van der Waals surface area (Å²) >= 11 is 0. The van der Waals surface area contributed by atoms with Crippen LogP contribution in [0.15, 0.2) is 6.07 Å². The number of phenols is 3. The molecule has 146 valence electrons. The second kappa shape index (κ2) is 9.17. The number of nitrogens with one attached hydrogen (secondary N) is 1. The maximum atomic E-state index is 12.1. The first-order valence-corrected chi connectivity index (χ1v) is 8.47. The standard InChI is InChI=1S/C18H27NO7/c1-5-9-25-16(23)12-10-13(20)15(22)14(21)11(12)7-6-8-19-17(24)26-18(2,3)4/h10,20-22H,5-9H2,1-4H3,(H,19,24). The maximum absolute atomic E-state index is 12.1. The molecule has 1 aromatic carbocycles. The third-order valence-electron chi connectivity index (χ3n) is 3.29. The topological polar surface area (TPSA) is 125 Å². The molecular weight excluding hydrogens is 342 g/mol. The van der Waals surface area contributed by atoms with Gasteiger partial charge in [0.15, 0.2) is 11.5 Å². The number of rotatable bonds is 7. The SMILES string of the molecule is CCCOC(=O)c1cc(O)c(O)c(O)c1CCCNC(=O)OC(C)(C)C. The van der Waals surface area contributed by atoms with Crippen molar-refractivity contribution in [3.05, 3.63) is 17.2 Å². The minimum atomic E-state index is -0.702. The number of alkyl carbamates (subject to hydrolysis) is 1. The third kappa shape index (κ3) is 6.34. The average Bonchev–Trinajstić information content (AvgIpc) is 2.54. The van der Waals surface area contributed by atoms with Crippen LogP contribution in [-0.2, 0) is 15.9 Å². The van der Waals surface area contributed by atoms with Crippen molar-refractivity contribution in [3.63, 3.8) is 0 Å². The molecular formula is C18H27NO7. The summed E-state index contributed by atoms with van der Waals surface area (Å²) in [6.45, 7) is 7.51. The summed E-state index contributed by atoms with van der Waals surface area (Å²) in [7, 11) is 0. The molecule has 0 saturated heterocycles. The smallest absolute Gasteiger partial charge is 0.407 e. The van der Waals surface area contributed by atoms with E-state index in [0.717, 1.165) is 6.07 Å². The molecule has 0 aliphatic heterocycles. The van der Waals surface area contributed by atoms with Crippen molar-refractivity contribution in [2.75, 3.05) is 13.2 Å². The number of hydrogen-bond donors (Lipinski definition) is 4. The van der Waals surface area contributed by atoms with Crippen LogP contribution in [-0.4, -0.2) is 46.1 Å². The molecule has 0 aromatic heterocycles. The first-order valence-electron chi connectivity index (χ1n) is 8.47. The fraction of sp³-hybridized carbons (Fsp3) is 0.556. The van der Waals surface area contributed by atoms with Crippen LogP contribution >= 0.6 is 0 Å². The van der Waals surface area contributed by atoms with Crippen molar-refractivity contribution in [2.24, 2.45) is 0 Å². The molecule has 0 aliphatic rings. The number of phenolic OH excluding ortho intramolecular Hbond substituents is 3. The van der Waals surface area contributed by atoms with Gasteiger partial charge in [0.2, 0.25) is 5.75 Å². The van der Waals surface area contributed by atoms with Crippen LogP contribution in [0, 0.1) is 0 Å². The largest absolute Gasteiger partial charge is 0.504 e. The van der Waals surface area contributed by atoms with Gasteiger partial charge in [0.05, 0.1) is 12.2 Å². The van der Waals surface area contributed by atoms with Gasteiger partial charge < -0.3 is 30.1 Å². The van der Waals surface area contributed by atoms with Crippen molar-refractivity contribution in [1.82, 2.24) is 5.32 Å². The van der Waals surface area contributed by atoms with Crippen LogP contribution in [0.2, 0.25) is 0 Å². The third-order valence-corrected chi connectivity index (χ3v) is 3.29. The van der Waals surface area contributed by atoms with E-state index in [1.165, 1.54) is 0 Å².